The lowest BCUT2D eigenvalue weighted by molar-refractivity contribution is 0.215. The number of hydrogen-bond donors (Lipinski definition) is 2. The summed E-state index contributed by atoms with van der Waals surface area (Å²) in [6.45, 7) is 6.26. The summed E-state index contributed by atoms with van der Waals surface area (Å²) in [5.41, 5.74) is 6.14. The highest BCUT2D eigenvalue weighted by Crippen LogP contribution is 2.17. The van der Waals surface area contributed by atoms with Gasteiger partial charge in [-0.2, -0.15) is 11.8 Å². The van der Waals surface area contributed by atoms with Gasteiger partial charge in [0.15, 0.2) is 0 Å². The molecule has 2 rings (SSSR count). The molecule has 0 bridgehead atoms. The van der Waals surface area contributed by atoms with Crippen molar-refractivity contribution >= 4 is 17.6 Å². The molecule has 104 valence electrons. The van der Waals surface area contributed by atoms with Crippen molar-refractivity contribution in [2.24, 2.45) is 5.73 Å². The average molecular weight is 279 g/mol. The molecule has 19 heavy (non-hydrogen) atoms. The van der Waals surface area contributed by atoms with Crippen molar-refractivity contribution < 1.29 is 4.74 Å². The first-order valence-electron chi connectivity index (χ1n) is 6.56. The molecule has 1 unspecified atom stereocenters. The number of hydrogen-bond acceptors (Lipinski definition) is 4. The number of nitrogens with two attached hydrogens (primary N) is 1. The summed E-state index contributed by atoms with van der Waals surface area (Å²) in [5, 5.41) is 8.05. The minimum absolute atomic E-state index is 0.0892. The van der Waals surface area contributed by atoms with Gasteiger partial charge in [0.05, 0.1) is 0 Å². The van der Waals surface area contributed by atoms with Gasteiger partial charge in [-0.15, -0.1) is 0 Å². The quantitative estimate of drug-likeness (QED) is 0.637. The average Bonchev–Trinajstić information content (AvgIpc) is 2.39. The molecular formula is C14H21N3OS. The smallest absolute Gasteiger partial charge is 0.122 e. The Bertz CT molecular complexity index is 421. The standard InChI is InChI=1S/C14H21N3OS/c1-11-10-17(7-9-19-11)6-8-18-13-4-2-12(3-5-13)14(15)16/h2-5,11H,6-10H2,1H3,(H3,15,16). The molecule has 0 spiro atoms. The van der Waals surface area contributed by atoms with Gasteiger partial charge in [-0.05, 0) is 24.3 Å². The van der Waals surface area contributed by atoms with E-state index in [-0.39, 0.29) is 5.84 Å². The third-order valence-electron chi connectivity index (χ3n) is 3.17. The van der Waals surface area contributed by atoms with Crippen molar-refractivity contribution in [1.82, 2.24) is 4.90 Å². The molecule has 1 atom stereocenters. The number of ether oxygens (including phenoxy) is 1. The lowest BCUT2D eigenvalue weighted by atomic mass is 10.2. The molecule has 0 aromatic heterocycles. The topological polar surface area (TPSA) is 62.3 Å². The molecule has 0 amide bonds. The van der Waals surface area contributed by atoms with Crippen LogP contribution in [0.4, 0.5) is 0 Å². The number of benzene rings is 1. The van der Waals surface area contributed by atoms with E-state index < -0.39 is 0 Å². The summed E-state index contributed by atoms with van der Waals surface area (Å²) >= 11 is 2.04. The normalized spacial score (nSPS) is 20.2. The third-order valence-corrected chi connectivity index (χ3v) is 4.30. The first kappa shape index (κ1) is 14.2. The first-order valence-corrected chi connectivity index (χ1v) is 7.61. The van der Waals surface area contributed by atoms with E-state index in [9.17, 15) is 0 Å². The van der Waals surface area contributed by atoms with E-state index in [4.69, 9.17) is 15.9 Å². The van der Waals surface area contributed by atoms with Gasteiger partial charge in [-0.25, -0.2) is 0 Å². The minimum atomic E-state index is 0.0892. The van der Waals surface area contributed by atoms with Gasteiger partial charge >= 0.3 is 0 Å². The Morgan fingerprint density at radius 1 is 1.47 bits per heavy atom. The maximum Gasteiger partial charge on any atom is 0.122 e. The Kier molecular flexibility index (Phi) is 5.10. The van der Waals surface area contributed by atoms with Crippen LogP contribution < -0.4 is 10.5 Å². The summed E-state index contributed by atoms with van der Waals surface area (Å²) in [6.07, 6.45) is 0. The molecule has 1 aromatic rings. The molecule has 1 aliphatic rings. The van der Waals surface area contributed by atoms with Crippen LogP contribution in [0.5, 0.6) is 5.75 Å². The second-order valence-corrected chi connectivity index (χ2v) is 6.31. The van der Waals surface area contributed by atoms with Crippen molar-refractivity contribution in [3.05, 3.63) is 29.8 Å². The molecule has 1 aliphatic heterocycles. The molecule has 3 N–H and O–H groups in total. The van der Waals surface area contributed by atoms with Crippen molar-refractivity contribution in [3.8, 4) is 5.75 Å². The number of rotatable bonds is 5. The molecule has 1 aromatic carbocycles. The van der Waals surface area contributed by atoms with Crippen LogP contribution in [0.15, 0.2) is 24.3 Å². The fourth-order valence-corrected chi connectivity index (χ4v) is 3.20. The van der Waals surface area contributed by atoms with Crippen LogP contribution in [-0.2, 0) is 0 Å². The molecule has 0 aliphatic carbocycles. The van der Waals surface area contributed by atoms with Gasteiger partial charge in [-0.3, -0.25) is 10.3 Å². The Morgan fingerprint density at radius 2 is 2.21 bits per heavy atom. The minimum Gasteiger partial charge on any atom is -0.492 e. The second kappa shape index (κ2) is 6.82. The Labute approximate surface area is 118 Å². The van der Waals surface area contributed by atoms with E-state index in [1.807, 2.05) is 36.0 Å². The third kappa shape index (κ3) is 4.44. The van der Waals surface area contributed by atoms with E-state index in [1.54, 1.807) is 0 Å². The van der Waals surface area contributed by atoms with E-state index in [0.717, 1.165) is 36.2 Å². The fraction of sp³-hybridized carbons (Fsp3) is 0.500. The van der Waals surface area contributed by atoms with Gasteiger partial charge in [0.1, 0.15) is 18.2 Å². The number of nitrogens with zero attached hydrogens (tertiary/aromatic N) is 1. The van der Waals surface area contributed by atoms with Crippen molar-refractivity contribution in [2.75, 3.05) is 32.0 Å². The molecule has 5 heteroatoms. The molecule has 0 radical (unpaired) electrons. The molecule has 4 nitrogen and oxygen atoms in total. The van der Waals surface area contributed by atoms with Crippen LogP contribution in [0.1, 0.15) is 12.5 Å². The molecule has 1 heterocycles. The highest BCUT2D eigenvalue weighted by Gasteiger charge is 2.15. The van der Waals surface area contributed by atoms with Gasteiger partial charge < -0.3 is 10.5 Å². The summed E-state index contributed by atoms with van der Waals surface area (Å²) in [7, 11) is 0. The van der Waals surface area contributed by atoms with E-state index in [1.165, 1.54) is 5.75 Å². The van der Waals surface area contributed by atoms with Crippen LogP contribution in [-0.4, -0.2) is 48.0 Å². The summed E-state index contributed by atoms with van der Waals surface area (Å²) in [4.78, 5) is 2.45. The second-order valence-electron chi connectivity index (χ2n) is 4.77. The SMILES string of the molecule is CC1CN(CCOc2ccc(C(=N)N)cc2)CCS1. The van der Waals surface area contributed by atoms with Crippen LogP contribution in [0.25, 0.3) is 0 Å². The van der Waals surface area contributed by atoms with Crippen molar-refractivity contribution in [2.45, 2.75) is 12.2 Å². The highest BCUT2D eigenvalue weighted by atomic mass is 32.2. The van der Waals surface area contributed by atoms with E-state index >= 15 is 0 Å². The van der Waals surface area contributed by atoms with Crippen molar-refractivity contribution in [1.29, 1.82) is 5.41 Å². The zero-order chi connectivity index (χ0) is 13.7. The van der Waals surface area contributed by atoms with Crippen LogP contribution in [0.3, 0.4) is 0 Å². The fourth-order valence-electron chi connectivity index (χ4n) is 2.12. The molecular weight excluding hydrogens is 258 g/mol. The predicted molar refractivity (Wildman–Crippen MR) is 81.3 cm³/mol. The van der Waals surface area contributed by atoms with Crippen LogP contribution in [0, 0.1) is 5.41 Å². The first-order chi connectivity index (χ1) is 9.15. The summed E-state index contributed by atoms with van der Waals surface area (Å²) < 4.78 is 5.72. The number of thioether (sulfide) groups is 1. The Balaban J connectivity index is 1.74. The largest absolute Gasteiger partial charge is 0.492 e. The maximum absolute atomic E-state index is 7.33. The van der Waals surface area contributed by atoms with Crippen LogP contribution in [0.2, 0.25) is 0 Å². The number of nitrogen functional groups attached to an aromatic ring is 1. The summed E-state index contributed by atoms with van der Waals surface area (Å²) in [6, 6.07) is 7.37. The highest BCUT2D eigenvalue weighted by molar-refractivity contribution is 7.99. The van der Waals surface area contributed by atoms with Gasteiger partial charge in [0, 0.05) is 36.2 Å². The monoisotopic (exact) mass is 279 g/mol. The summed E-state index contributed by atoms with van der Waals surface area (Å²) in [5.74, 6) is 2.14. The van der Waals surface area contributed by atoms with Gasteiger partial charge in [0.25, 0.3) is 0 Å². The van der Waals surface area contributed by atoms with E-state index in [0.29, 0.717) is 6.61 Å². The lowest BCUT2D eigenvalue weighted by Crippen LogP contribution is -2.39. The molecule has 0 saturated carbocycles. The Hall–Kier alpha value is -1.20. The van der Waals surface area contributed by atoms with Crippen molar-refractivity contribution in [3.63, 3.8) is 0 Å². The van der Waals surface area contributed by atoms with Gasteiger partial charge in [0.2, 0.25) is 0 Å². The number of amidine groups is 1. The predicted octanol–water partition coefficient (Wildman–Crippen LogP) is 1.79. The zero-order valence-corrected chi connectivity index (χ0v) is 12.1. The lowest BCUT2D eigenvalue weighted by Gasteiger charge is -2.30. The van der Waals surface area contributed by atoms with E-state index in [2.05, 4.69) is 11.8 Å². The zero-order valence-electron chi connectivity index (χ0n) is 11.3. The van der Waals surface area contributed by atoms with Gasteiger partial charge in [-0.1, -0.05) is 6.92 Å². The van der Waals surface area contributed by atoms with Crippen LogP contribution >= 0.6 is 11.8 Å². The Morgan fingerprint density at radius 3 is 2.84 bits per heavy atom. The number of nitrogens with one attached hydrogen (secondary N) is 1. The maximum atomic E-state index is 7.33. The molecule has 1 saturated heterocycles. The molecule has 1 fully saturated rings.